The monoisotopic (exact) mass is 257 g/mol. The predicted octanol–water partition coefficient (Wildman–Crippen LogP) is 2.01. The van der Waals surface area contributed by atoms with Crippen LogP contribution in [0.25, 0.3) is 0 Å². The summed E-state index contributed by atoms with van der Waals surface area (Å²) < 4.78 is 5.14. The summed E-state index contributed by atoms with van der Waals surface area (Å²) in [6, 6.07) is 9.03. The van der Waals surface area contributed by atoms with Gasteiger partial charge in [0.2, 0.25) is 0 Å². The highest BCUT2D eigenvalue weighted by atomic mass is 35.5. The summed E-state index contributed by atoms with van der Waals surface area (Å²) in [5.41, 5.74) is 0.957. The Balaban J connectivity index is 0.00000144. The number of benzene rings is 1. The molecule has 1 heterocycles. The lowest BCUT2D eigenvalue weighted by Crippen LogP contribution is -2.34. The Morgan fingerprint density at radius 2 is 2.12 bits per heavy atom. The van der Waals surface area contributed by atoms with Gasteiger partial charge in [0.25, 0.3) is 0 Å². The molecule has 1 aliphatic heterocycles. The minimum Gasteiger partial charge on any atom is -0.460 e. The SMILES string of the molecule is Cl.O=C(OCc1ccccc1)[C@@H]1CCCN1O. The summed E-state index contributed by atoms with van der Waals surface area (Å²) in [7, 11) is 0. The van der Waals surface area contributed by atoms with Crippen molar-refractivity contribution in [3.8, 4) is 0 Å². The molecule has 1 fully saturated rings. The number of esters is 1. The molecule has 1 atom stereocenters. The third-order valence-corrected chi connectivity index (χ3v) is 2.72. The number of halogens is 1. The maximum Gasteiger partial charge on any atom is 0.326 e. The van der Waals surface area contributed by atoms with E-state index in [1.165, 1.54) is 0 Å². The lowest BCUT2D eigenvalue weighted by atomic mass is 10.2. The smallest absolute Gasteiger partial charge is 0.326 e. The first kappa shape index (κ1) is 14.0. The summed E-state index contributed by atoms with van der Waals surface area (Å²) in [5.74, 6) is -0.344. The van der Waals surface area contributed by atoms with Gasteiger partial charge >= 0.3 is 5.97 Å². The fourth-order valence-electron chi connectivity index (χ4n) is 1.82. The molecule has 1 saturated heterocycles. The number of hydroxylamine groups is 2. The highest BCUT2D eigenvalue weighted by Gasteiger charge is 2.30. The average Bonchev–Trinajstić information content (AvgIpc) is 2.74. The Morgan fingerprint density at radius 3 is 2.71 bits per heavy atom. The summed E-state index contributed by atoms with van der Waals surface area (Å²) in [6.45, 7) is 0.815. The van der Waals surface area contributed by atoms with Crippen molar-refractivity contribution in [3.63, 3.8) is 0 Å². The number of rotatable bonds is 3. The van der Waals surface area contributed by atoms with E-state index in [1.54, 1.807) is 0 Å². The first-order valence-electron chi connectivity index (χ1n) is 5.43. The molecule has 4 nitrogen and oxygen atoms in total. The van der Waals surface area contributed by atoms with Gasteiger partial charge in [-0.15, -0.1) is 12.4 Å². The molecular formula is C12H16ClNO3. The Bertz CT molecular complexity index is 358. The molecular weight excluding hydrogens is 242 g/mol. The molecule has 0 saturated carbocycles. The van der Waals surface area contributed by atoms with Gasteiger partial charge in [-0.1, -0.05) is 30.3 Å². The van der Waals surface area contributed by atoms with E-state index >= 15 is 0 Å². The molecule has 17 heavy (non-hydrogen) atoms. The van der Waals surface area contributed by atoms with Crippen LogP contribution in [0.4, 0.5) is 0 Å². The van der Waals surface area contributed by atoms with Crippen molar-refractivity contribution in [2.24, 2.45) is 0 Å². The second-order valence-electron chi connectivity index (χ2n) is 3.91. The van der Waals surface area contributed by atoms with Crippen LogP contribution in [0.15, 0.2) is 30.3 Å². The maximum absolute atomic E-state index is 11.6. The van der Waals surface area contributed by atoms with Gasteiger partial charge in [-0.2, -0.15) is 5.06 Å². The Labute approximate surface area is 107 Å². The van der Waals surface area contributed by atoms with Crippen LogP contribution in [0.5, 0.6) is 0 Å². The van der Waals surface area contributed by atoms with E-state index in [-0.39, 0.29) is 25.0 Å². The number of ether oxygens (including phenoxy) is 1. The van der Waals surface area contributed by atoms with Crippen LogP contribution in [-0.4, -0.2) is 28.8 Å². The largest absolute Gasteiger partial charge is 0.460 e. The van der Waals surface area contributed by atoms with Gasteiger partial charge < -0.3 is 9.94 Å². The van der Waals surface area contributed by atoms with Gasteiger partial charge in [-0.3, -0.25) is 4.79 Å². The van der Waals surface area contributed by atoms with Crippen molar-refractivity contribution in [1.29, 1.82) is 0 Å². The molecule has 0 radical (unpaired) electrons. The minimum atomic E-state index is -0.483. The second kappa shape index (κ2) is 6.59. The molecule has 94 valence electrons. The normalized spacial score (nSPS) is 19.7. The minimum absolute atomic E-state index is 0. The molecule has 0 spiro atoms. The van der Waals surface area contributed by atoms with Crippen LogP contribution in [-0.2, 0) is 16.1 Å². The molecule has 5 heteroatoms. The molecule has 0 aromatic heterocycles. The molecule has 0 bridgehead atoms. The summed E-state index contributed by atoms with van der Waals surface area (Å²) in [4.78, 5) is 11.6. The number of nitrogens with zero attached hydrogens (tertiary/aromatic N) is 1. The van der Waals surface area contributed by atoms with E-state index in [9.17, 15) is 10.0 Å². The van der Waals surface area contributed by atoms with Crippen molar-refractivity contribution in [2.75, 3.05) is 6.54 Å². The van der Waals surface area contributed by atoms with Crippen LogP contribution >= 0.6 is 12.4 Å². The number of hydrogen-bond acceptors (Lipinski definition) is 4. The van der Waals surface area contributed by atoms with Gasteiger partial charge in [0.1, 0.15) is 12.6 Å². The quantitative estimate of drug-likeness (QED) is 0.842. The fourth-order valence-corrected chi connectivity index (χ4v) is 1.82. The van der Waals surface area contributed by atoms with E-state index in [4.69, 9.17) is 4.74 Å². The Kier molecular flexibility index (Phi) is 5.41. The second-order valence-corrected chi connectivity index (χ2v) is 3.91. The van der Waals surface area contributed by atoms with Crippen LogP contribution in [0.2, 0.25) is 0 Å². The summed E-state index contributed by atoms with van der Waals surface area (Å²) >= 11 is 0. The molecule has 1 aromatic rings. The zero-order valence-corrected chi connectivity index (χ0v) is 10.2. The molecule has 0 amide bonds. The number of carbonyl (C=O) groups is 1. The van der Waals surface area contributed by atoms with E-state index < -0.39 is 6.04 Å². The van der Waals surface area contributed by atoms with Crippen molar-refractivity contribution < 1.29 is 14.7 Å². The van der Waals surface area contributed by atoms with Crippen LogP contribution in [0, 0.1) is 0 Å². The topological polar surface area (TPSA) is 49.8 Å². The summed E-state index contributed by atoms with van der Waals surface area (Å²) in [5, 5.41) is 10.5. The predicted molar refractivity (Wildman–Crippen MR) is 65.0 cm³/mol. The molecule has 2 rings (SSSR count). The van der Waals surface area contributed by atoms with Gasteiger partial charge in [0.05, 0.1) is 0 Å². The first-order chi connectivity index (χ1) is 7.77. The van der Waals surface area contributed by atoms with Gasteiger partial charge in [0.15, 0.2) is 0 Å². The molecule has 0 aliphatic carbocycles. The first-order valence-corrected chi connectivity index (χ1v) is 5.43. The third-order valence-electron chi connectivity index (χ3n) is 2.72. The lowest BCUT2D eigenvalue weighted by Gasteiger charge is -2.15. The van der Waals surface area contributed by atoms with E-state index in [0.29, 0.717) is 13.0 Å². The Hall–Kier alpha value is -1.10. The van der Waals surface area contributed by atoms with Gasteiger partial charge in [-0.05, 0) is 18.4 Å². The molecule has 1 aromatic carbocycles. The Morgan fingerprint density at radius 1 is 1.41 bits per heavy atom. The standard InChI is InChI=1S/C12H15NO3.ClH/c14-12(11-7-4-8-13(11)15)16-9-10-5-2-1-3-6-10;/h1-3,5-6,11,15H,4,7-9H2;1H/t11-;/m0./s1. The number of carbonyl (C=O) groups excluding carboxylic acids is 1. The van der Waals surface area contributed by atoms with E-state index in [1.807, 2.05) is 30.3 Å². The highest BCUT2D eigenvalue weighted by Crippen LogP contribution is 2.16. The summed E-state index contributed by atoms with van der Waals surface area (Å²) in [6.07, 6.45) is 1.51. The van der Waals surface area contributed by atoms with Crippen LogP contribution in [0.3, 0.4) is 0 Å². The maximum atomic E-state index is 11.6. The molecule has 1 N–H and O–H groups in total. The average molecular weight is 258 g/mol. The van der Waals surface area contributed by atoms with Crippen molar-refractivity contribution in [1.82, 2.24) is 5.06 Å². The van der Waals surface area contributed by atoms with Crippen LogP contribution < -0.4 is 0 Å². The molecule has 0 unspecified atom stereocenters. The van der Waals surface area contributed by atoms with Crippen molar-refractivity contribution >= 4 is 18.4 Å². The van der Waals surface area contributed by atoms with E-state index in [2.05, 4.69) is 0 Å². The molecule has 1 aliphatic rings. The van der Waals surface area contributed by atoms with Crippen molar-refractivity contribution in [3.05, 3.63) is 35.9 Å². The highest BCUT2D eigenvalue weighted by molar-refractivity contribution is 5.85. The van der Waals surface area contributed by atoms with Gasteiger partial charge in [-0.25, -0.2) is 0 Å². The zero-order valence-electron chi connectivity index (χ0n) is 9.41. The van der Waals surface area contributed by atoms with Gasteiger partial charge in [0, 0.05) is 6.54 Å². The zero-order chi connectivity index (χ0) is 11.4. The number of hydrogen-bond donors (Lipinski definition) is 1. The van der Waals surface area contributed by atoms with E-state index in [0.717, 1.165) is 17.0 Å². The lowest BCUT2D eigenvalue weighted by molar-refractivity contribution is -0.168. The fraction of sp³-hybridized carbons (Fsp3) is 0.417. The van der Waals surface area contributed by atoms with Crippen LogP contribution in [0.1, 0.15) is 18.4 Å². The third kappa shape index (κ3) is 3.70. The van der Waals surface area contributed by atoms with Crippen molar-refractivity contribution in [2.45, 2.75) is 25.5 Å².